The molecule has 0 aliphatic carbocycles. The Bertz CT molecular complexity index is 791. The summed E-state index contributed by atoms with van der Waals surface area (Å²) in [6.45, 7) is 5.19. The molecule has 0 fully saturated rings. The largest absolute Gasteiger partial charge is 0.324 e. The molecule has 0 atom stereocenters. The molecule has 0 saturated carbocycles. The van der Waals surface area contributed by atoms with Crippen LogP contribution >= 0.6 is 23.2 Å². The summed E-state index contributed by atoms with van der Waals surface area (Å²) in [7, 11) is 0. The third-order valence-corrected chi connectivity index (χ3v) is 4.29. The molecule has 1 N–H and O–H groups in total. The summed E-state index contributed by atoms with van der Waals surface area (Å²) < 4.78 is 0. The van der Waals surface area contributed by atoms with Crippen LogP contribution in [-0.4, -0.2) is 18.4 Å². The van der Waals surface area contributed by atoms with Crippen molar-refractivity contribution in [3.63, 3.8) is 0 Å². The smallest absolute Gasteiger partial charge is 0.244 e. The predicted octanol–water partition coefficient (Wildman–Crippen LogP) is 4.60. The zero-order valence-corrected chi connectivity index (χ0v) is 15.2. The summed E-state index contributed by atoms with van der Waals surface area (Å²) in [5.74, 6) is -0.549. The van der Waals surface area contributed by atoms with Gasteiger partial charge in [-0.25, -0.2) is 0 Å². The van der Waals surface area contributed by atoms with Crippen molar-refractivity contribution in [1.29, 1.82) is 0 Å². The average molecular weight is 365 g/mol. The molecule has 0 spiro atoms. The molecule has 24 heavy (non-hydrogen) atoms. The van der Waals surface area contributed by atoms with Gasteiger partial charge in [0.2, 0.25) is 11.8 Å². The first-order valence-corrected chi connectivity index (χ1v) is 8.14. The number of halogens is 2. The second kappa shape index (κ2) is 7.69. The molecule has 0 unspecified atom stereocenters. The summed E-state index contributed by atoms with van der Waals surface area (Å²) in [4.78, 5) is 25.6. The van der Waals surface area contributed by atoms with E-state index in [9.17, 15) is 9.59 Å². The van der Waals surface area contributed by atoms with E-state index in [0.29, 0.717) is 15.7 Å². The number of nitrogens with one attached hydrogen (secondary N) is 1. The molecular weight excluding hydrogens is 347 g/mol. The molecule has 0 bridgehead atoms. The first-order chi connectivity index (χ1) is 11.3. The molecule has 126 valence electrons. The van der Waals surface area contributed by atoms with Crippen molar-refractivity contribution in [1.82, 2.24) is 0 Å². The number of nitrogens with zero attached hydrogens (tertiary/aromatic N) is 1. The second-order valence-corrected chi connectivity index (χ2v) is 6.38. The maximum absolute atomic E-state index is 12.3. The summed E-state index contributed by atoms with van der Waals surface area (Å²) in [5.41, 5.74) is 3.33. The van der Waals surface area contributed by atoms with Crippen LogP contribution in [0.15, 0.2) is 36.4 Å². The number of anilines is 2. The van der Waals surface area contributed by atoms with Crippen molar-refractivity contribution in [2.45, 2.75) is 20.8 Å². The molecule has 2 rings (SSSR count). The Hall–Kier alpha value is -2.04. The summed E-state index contributed by atoms with van der Waals surface area (Å²) in [6, 6.07) is 10.6. The maximum atomic E-state index is 12.3. The minimum atomic E-state index is -0.289. The van der Waals surface area contributed by atoms with Gasteiger partial charge in [0, 0.05) is 18.3 Å². The van der Waals surface area contributed by atoms with Crippen molar-refractivity contribution >= 4 is 46.4 Å². The fourth-order valence-corrected chi connectivity index (χ4v) is 2.62. The molecule has 0 aliphatic rings. The van der Waals surface area contributed by atoms with E-state index in [1.54, 1.807) is 18.2 Å². The highest BCUT2D eigenvalue weighted by atomic mass is 35.5. The number of aryl methyl sites for hydroxylation is 2. The number of amides is 2. The minimum absolute atomic E-state index is 0.111. The first kappa shape index (κ1) is 18.3. The topological polar surface area (TPSA) is 49.4 Å². The van der Waals surface area contributed by atoms with E-state index in [-0.39, 0.29) is 18.4 Å². The fraction of sp³-hybridized carbons (Fsp3) is 0.222. The predicted molar refractivity (Wildman–Crippen MR) is 99.0 cm³/mol. The normalized spacial score (nSPS) is 10.4. The molecule has 6 heteroatoms. The van der Waals surface area contributed by atoms with Crippen LogP contribution in [-0.2, 0) is 9.59 Å². The lowest BCUT2D eigenvalue weighted by Crippen LogP contribution is -2.36. The van der Waals surface area contributed by atoms with Crippen LogP contribution in [0.25, 0.3) is 0 Å². The monoisotopic (exact) mass is 364 g/mol. The Labute approximate surface area is 151 Å². The van der Waals surface area contributed by atoms with Gasteiger partial charge in [-0.3, -0.25) is 9.59 Å². The summed E-state index contributed by atoms with van der Waals surface area (Å²) >= 11 is 11.9. The molecule has 2 aromatic rings. The van der Waals surface area contributed by atoms with Gasteiger partial charge in [0.25, 0.3) is 0 Å². The fourth-order valence-electron chi connectivity index (χ4n) is 2.32. The average Bonchev–Trinajstić information content (AvgIpc) is 2.50. The first-order valence-electron chi connectivity index (χ1n) is 7.38. The van der Waals surface area contributed by atoms with Gasteiger partial charge >= 0.3 is 0 Å². The number of benzene rings is 2. The van der Waals surface area contributed by atoms with Crippen molar-refractivity contribution in [3.05, 3.63) is 57.6 Å². The third kappa shape index (κ3) is 4.49. The Kier molecular flexibility index (Phi) is 5.86. The highest BCUT2D eigenvalue weighted by Crippen LogP contribution is 2.27. The van der Waals surface area contributed by atoms with Crippen molar-refractivity contribution < 1.29 is 9.59 Å². The highest BCUT2D eigenvalue weighted by molar-refractivity contribution is 6.42. The van der Waals surface area contributed by atoms with Gasteiger partial charge in [-0.1, -0.05) is 40.9 Å². The number of carbonyl (C=O) groups excluding carboxylic acids is 2. The Balaban J connectivity index is 2.16. The van der Waals surface area contributed by atoms with E-state index in [1.807, 2.05) is 32.0 Å². The number of carbonyl (C=O) groups is 2. The molecular formula is C18H18Cl2N2O2. The quantitative estimate of drug-likeness (QED) is 0.861. The zero-order valence-electron chi connectivity index (χ0n) is 13.7. The van der Waals surface area contributed by atoms with Crippen LogP contribution in [0.4, 0.5) is 11.4 Å². The van der Waals surface area contributed by atoms with E-state index < -0.39 is 0 Å². The van der Waals surface area contributed by atoms with Gasteiger partial charge in [-0.2, -0.15) is 0 Å². The molecule has 0 aromatic heterocycles. The van der Waals surface area contributed by atoms with Gasteiger partial charge in [-0.15, -0.1) is 0 Å². The van der Waals surface area contributed by atoms with E-state index in [0.717, 1.165) is 16.8 Å². The number of hydrogen-bond acceptors (Lipinski definition) is 2. The van der Waals surface area contributed by atoms with Gasteiger partial charge in [0.15, 0.2) is 0 Å². The Morgan fingerprint density at radius 2 is 1.75 bits per heavy atom. The lowest BCUT2D eigenvalue weighted by molar-refractivity contribution is -0.120. The van der Waals surface area contributed by atoms with Gasteiger partial charge in [-0.05, 0) is 43.7 Å². The Morgan fingerprint density at radius 1 is 1.04 bits per heavy atom. The van der Waals surface area contributed by atoms with E-state index in [1.165, 1.54) is 11.8 Å². The number of rotatable bonds is 4. The molecule has 2 aromatic carbocycles. The molecule has 0 heterocycles. The highest BCUT2D eigenvalue weighted by Gasteiger charge is 2.17. The lowest BCUT2D eigenvalue weighted by Gasteiger charge is -2.21. The van der Waals surface area contributed by atoms with E-state index in [4.69, 9.17) is 23.2 Å². The molecule has 0 saturated heterocycles. The zero-order chi connectivity index (χ0) is 17.9. The van der Waals surface area contributed by atoms with E-state index >= 15 is 0 Å². The van der Waals surface area contributed by atoms with Crippen molar-refractivity contribution in [2.24, 2.45) is 0 Å². The lowest BCUT2D eigenvalue weighted by atomic mass is 10.1. The van der Waals surface area contributed by atoms with Crippen LogP contribution in [0.5, 0.6) is 0 Å². The molecule has 4 nitrogen and oxygen atoms in total. The summed E-state index contributed by atoms with van der Waals surface area (Å²) in [6.07, 6.45) is 0. The number of hydrogen-bond donors (Lipinski definition) is 1. The molecule has 0 radical (unpaired) electrons. The SMILES string of the molecule is CC(=O)N(CC(=O)Nc1ccc(C)cc1C)c1ccc(Cl)c(Cl)c1. The van der Waals surface area contributed by atoms with Gasteiger partial charge < -0.3 is 10.2 Å². The van der Waals surface area contributed by atoms with Crippen LogP contribution in [0.2, 0.25) is 10.0 Å². The van der Waals surface area contributed by atoms with E-state index in [2.05, 4.69) is 5.32 Å². The van der Waals surface area contributed by atoms with Gasteiger partial charge in [0.1, 0.15) is 6.54 Å². The molecule has 2 amide bonds. The van der Waals surface area contributed by atoms with Crippen molar-refractivity contribution in [3.8, 4) is 0 Å². The van der Waals surface area contributed by atoms with Crippen LogP contribution < -0.4 is 10.2 Å². The van der Waals surface area contributed by atoms with Crippen LogP contribution in [0.1, 0.15) is 18.1 Å². The standard InChI is InChI=1S/C18H18Cl2N2O2/c1-11-4-7-17(12(2)8-11)21-18(24)10-22(13(3)23)14-5-6-15(19)16(20)9-14/h4-9H,10H2,1-3H3,(H,21,24). The summed E-state index contributed by atoms with van der Waals surface area (Å²) in [5, 5.41) is 3.55. The second-order valence-electron chi connectivity index (χ2n) is 5.57. The van der Waals surface area contributed by atoms with Gasteiger partial charge in [0.05, 0.1) is 10.0 Å². The molecule has 0 aliphatic heterocycles. The minimum Gasteiger partial charge on any atom is -0.324 e. The Morgan fingerprint density at radius 3 is 2.33 bits per heavy atom. The van der Waals surface area contributed by atoms with Crippen LogP contribution in [0, 0.1) is 13.8 Å². The third-order valence-electron chi connectivity index (χ3n) is 3.55. The van der Waals surface area contributed by atoms with Crippen molar-refractivity contribution in [2.75, 3.05) is 16.8 Å². The van der Waals surface area contributed by atoms with Crippen LogP contribution in [0.3, 0.4) is 0 Å². The maximum Gasteiger partial charge on any atom is 0.244 e.